The lowest BCUT2D eigenvalue weighted by Crippen LogP contribution is -2.45. The predicted molar refractivity (Wildman–Crippen MR) is 81.2 cm³/mol. The molecule has 1 aromatic carbocycles. The summed E-state index contributed by atoms with van der Waals surface area (Å²) in [4.78, 5) is 25.2. The van der Waals surface area contributed by atoms with E-state index in [9.17, 15) is 14.7 Å². The minimum absolute atomic E-state index is 0.321. The van der Waals surface area contributed by atoms with Gasteiger partial charge >= 0.3 is 12.1 Å². The van der Waals surface area contributed by atoms with Crippen LogP contribution in [0.3, 0.4) is 0 Å². The van der Waals surface area contributed by atoms with Crippen molar-refractivity contribution in [3.8, 4) is 0 Å². The molecule has 1 amide bonds. The van der Waals surface area contributed by atoms with Gasteiger partial charge in [0.15, 0.2) is 6.04 Å². The molecule has 1 aliphatic heterocycles. The molecule has 0 bridgehead atoms. The van der Waals surface area contributed by atoms with Crippen molar-refractivity contribution in [1.82, 2.24) is 4.90 Å². The van der Waals surface area contributed by atoms with E-state index >= 15 is 0 Å². The van der Waals surface area contributed by atoms with Crippen LogP contribution in [-0.2, 0) is 16.0 Å². The highest BCUT2D eigenvalue weighted by molar-refractivity contribution is 9.10. The van der Waals surface area contributed by atoms with Crippen LogP contribution in [-0.4, -0.2) is 34.2 Å². The molecule has 0 saturated heterocycles. The molecule has 1 N–H and O–H groups in total. The number of aliphatic carboxylic acids is 1. The lowest BCUT2D eigenvalue weighted by atomic mass is 9.93. The summed E-state index contributed by atoms with van der Waals surface area (Å²) in [7, 11) is 0. The summed E-state index contributed by atoms with van der Waals surface area (Å²) in [5.41, 5.74) is 0.913. The Morgan fingerprint density at radius 3 is 2.62 bits per heavy atom. The number of hydrogen-bond acceptors (Lipinski definition) is 3. The van der Waals surface area contributed by atoms with Crippen LogP contribution in [0.5, 0.6) is 0 Å². The maximum atomic E-state index is 12.3. The fourth-order valence-electron chi connectivity index (χ4n) is 2.41. The Morgan fingerprint density at radius 1 is 1.38 bits per heavy atom. The third-order valence-corrected chi connectivity index (χ3v) is 3.97. The van der Waals surface area contributed by atoms with Gasteiger partial charge in [0.25, 0.3) is 0 Å². The van der Waals surface area contributed by atoms with Gasteiger partial charge in [0.05, 0.1) is 0 Å². The quantitative estimate of drug-likeness (QED) is 0.838. The minimum atomic E-state index is -1.06. The van der Waals surface area contributed by atoms with E-state index in [1.807, 2.05) is 6.07 Å². The predicted octanol–water partition coefficient (Wildman–Crippen LogP) is 3.37. The van der Waals surface area contributed by atoms with E-state index in [-0.39, 0.29) is 0 Å². The summed E-state index contributed by atoms with van der Waals surface area (Å²) in [6.07, 6.45) is 0.000268. The molecule has 1 aliphatic rings. The number of rotatable bonds is 1. The van der Waals surface area contributed by atoms with Crippen LogP contribution in [0.25, 0.3) is 0 Å². The third kappa shape index (κ3) is 3.37. The Bertz CT molecular complexity index is 580. The van der Waals surface area contributed by atoms with Gasteiger partial charge in [-0.05, 0) is 44.4 Å². The topological polar surface area (TPSA) is 66.8 Å². The number of halogens is 1. The van der Waals surface area contributed by atoms with Gasteiger partial charge in [-0.25, -0.2) is 9.59 Å². The van der Waals surface area contributed by atoms with Crippen molar-refractivity contribution < 1.29 is 19.4 Å². The SMILES string of the molecule is CC(C)(C)OC(=O)N1CCc2c(Br)cccc2C1C(=O)O. The summed E-state index contributed by atoms with van der Waals surface area (Å²) in [6.45, 7) is 5.60. The lowest BCUT2D eigenvalue weighted by molar-refractivity contribution is -0.143. The summed E-state index contributed by atoms with van der Waals surface area (Å²) in [6, 6.07) is 4.38. The average molecular weight is 356 g/mol. The van der Waals surface area contributed by atoms with Crippen LogP contribution in [0.1, 0.15) is 37.9 Å². The summed E-state index contributed by atoms with van der Waals surface area (Å²) in [5, 5.41) is 9.53. The van der Waals surface area contributed by atoms with Crippen LogP contribution in [0.2, 0.25) is 0 Å². The first-order valence-electron chi connectivity index (χ1n) is 6.70. The Labute approximate surface area is 132 Å². The molecule has 0 fully saturated rings. The smallest absolute Gasteiger partial charge is 0.411 e. The number of carbonyl (C=O) groups excluding carboxylic acids is 1. The van der Waals surface area contributed by atoms with Crippen molar-refractivity contribution >= 4 is 28.0 Å². The van der Waals surface area contributed by atoms with Gasteiger partial charge < -0.3 is 9.84 Å². The molecule has 0 aromatic heterocycles. The zero-order valence-electron chi connectivity index (χ0n) is 12.2. The molecule has 1 heterocycles. The average Bonchev–Trinajstić information content (AvgIpc) is 2.35. The molecule has 0 saturated carbocycles. The second kappa shape index (κ2) is 5.67. The monoisotopic (exact) mass is 355 g/mol. The summed E-state index contributed by atoms with van der Waals surface area (Å²) < 4.78 is 6.19. The zero-order chi connectivity index (χ0) is 15.8. The van der Waals surface area contributed by atoms with E-state index in [1.54, 1.807) is 32.9 Å². The van der Waals surface area contributed by atoms with Crippen molar-refractivity contribution in [1.29, 1.82) is 0 Å². The highest BCUT2D eigenvalue weighted by Gasteiger charge is 2.38. The molecule has 21 heavy (non-hydrogen) atoms. The number of hydrogen-bond donors (Lipinski definition) is 1. The molecular formula is C15H18BrNO4. The zero-order valence-corrected chi connectivity index (χ0v) is 13.8. The van der Waals surface area contributed by atoms with Crippen LogP contribution in [0.4, 0.5) is 4.79 Å². The number of fused-ring (bicyclic) bond motifs is 1. The summed E-state index contributed by atoms with van der Waals surface area (Å²) in [5.74, 6) is -1.06. The van der Waals surface area contributed by atoms with Crippen molar-refractivity contribution in [3.63, 3.8) is 0 Å². The van der Waals surface area contributed by atoms with Crippen molar-refractivity contribution in [2.45, 2.75) is 38.8 Å². The number of carboxylic acids is 1. The Kier molecular flexibility index (Phi) is 4.27. The van der Waals surface area contributed by atoms with E-state index in [0.29, 0.717) is 18.5 Å². The molecule has 0 spiro atoms. The molecule has 114 valence electrons. The van der Waals surface area contributed by atoms with Crippen molar-refractivity contribution in [3.05, 3.63) is 33.8 Å². The van der Waals surface area contributed by atoms with Crippen LogP contribution < -0.4 is 0 Å². The number of carbonyl (C=O) groups is 2. The van der Waals surface area contributed by atoms with E-state index in [2.05, 4.69) is 15.9 Å². The van der Waals surface area contributed by atoms with Gasteiger partial charge in [0.2, 0.25) is 0 Å². The molecule has 5 nitrogen and oxygen atoms in total. The van der Waals surface area contributed by atoms with Gasteiger partial charge in [-0.3, -0.25) is 4.90 Å². The van der Waals surface area contributed by atoms with Gasteiger partial charge in [-0.1, -0.05) is 28.1 Å². The van der Waals surface area contributed by atoms with Crippen molar-refractivity contribution in [2.75, 3.05) is 6.54 Å². The molecule has 1 aromatic rings. The van der Waals surface area contributed by atoms with E-state index in [4.69, 9.17) is 4.74 Å². The van der Waals surface area contributed by atoms with E-state index in [0.717, 1.165) is 10.0 Å². The first-order valence-corrected chi connectivity index (χ1v) is 7.50. The number of ether oxygens (including phenoxy) is 1. The Morgan fingerprint density at radius 2 is 2.05 bits per heavy atom. The fraction of sp³-hybridized carbons (Fsp3) is 0.467. The van der Waals surface area contributed by atoms with Crippen molar-refractivity contribution in [2.24, 2.45) is 0 Å². The Hall–Kier alpha value is -1.56. The standard InChI is InChI=1S/C15H18BrNO4/c1-15(2,3)21-14(20)17-8-7-9-10(12(17)13(18)19)5-4-6-11(9)16/h4-6,12H,7-8H2,1-3H3,(H,18,19). The van der Waals surface area contributed by atoms with Gasteiger partial charge in [0.1, 0.15) is 5.60 Å². The largest absolute Gasteiger partial charge is 0.479 e. The van der Waals surface area contributed by atoms with Gasteiger partial charge in [0, 0.05) is 11.0 Å². The van der Waals surface area contributed by atoms with Crippen LogP contribution >= 0.6 is 15.9 Å². The number of nitrogens with zero attached hydrogens (tertiary/aromatic N) is 1. The number of carboxylic acid groups (broad SMARTS) is 1. The highest BCUT2D eigenvalue weighted by Crippen LogP contribution is 2.34. The highest BCUT2D eigenvalue weighted by atomic mass is 79.9. The minimum Gasteiger partial charge on any atom is -0.479 e. The normalized spacial score (nSPS) is 18.1. The third-order valence-electron chi connectivity index (χ3n) is 3.23. The molecule has 1 atom stereocenters. The molecular weight excluding hydrogens is 338 g/mol. The molecule has 2 rings (SSSR count). The number of amides is 1. The lowest BCUT2D eigenvalue weighted by Gasteiger charge is -2.36. The van der Waals surface area contributed by atoms with Crippen LogP contribution in [0.15, 0.2) is 22.7 Å². The maximum Gasteiger partial charge on any atom is 0.411 e. The summed E-state index contributed by atoms with van der Waals surface area (Å²) >= 11 is 3.44. The molecule has 6 heteroatoms. The van der Waals surface area contributed by atoms with E-state index in [1.165, 1.54) is 4.90 Å². The Balaban J connectivity index is 2.37. The molecule has 0 aliphatic carbocycles. The van der Waals surface area contributed by atoms with Crippen LogP contribution in [0, 0.1) is 0 Å². The fourth-order valence-corrected chi connectivity index (χ4v) is 2.99. The van der Waals surface area contributed by atoms with Gasteiger partial charge in [-0.15, -0.1) is 0 Å². The van der Waals surface area contributed by atoms with E-state index < -0.39 is 23.7 Å². The number of benzene rings is 1. The second-order valence-corrected chi connectivity index (χ2v) is 6.83. The molecule has 0 radical (unpaired) electrons. The first-order chi connectivity index (χ1) is 9.70. The molecule has 1 unspecified atom stereocenters. The maximum absolute atomic E-state index is 12.3. The first kappa shape index (κ1) is 15.8. The second-order valence-electron chi connectivity index (χ2n) is 5.97. The van der Waals surface area contributed by atoms with Gasteiger partial charge in [-0.2, -0.15) is 0 Å².